The van der Waals surface area contributed by atoms with E-state index in [1.807, 2.05) is 0 Å². The molecule has 21 heavy (non-hydrogen) atoms. The molecular weight excluding hydrogens is 261 g/mol. The molecule has 0 aromatic carbocycles. The third-order valence-electron chi connectivity index (χ3n) is 6.74. The highest BCUT2D eigenvalue weighted by Gasteiger charge is 2.39. The highest BCUT2D eigenvalue weighted by molar-refractivity contribution is 4.92. The van der Waals surface area contributed by atoms with Gasteiger partial charge >= 0.3 is 0 Å². The second-order valence-electron chi connectivity index (χ2n) is 7.89. The highest BCUT2D eigenvalue weighted by atomic mass is 19.1. The zero-order valence-electron chi connectivity index (χ0n) is 13.3. The van der Waals surface area contributed by atoms with Crippen molar-refractivity contribution < 1.29 is 4.39 Å². The Balaban J connectivity index is 1.50. The van der Waals surface area contributed by atoms with Crippen LogP contribution in [0, 0.1) is 40.9 Å². The van der Waals surface area contributed by atoms with Crippen LogP contribution in [0.3, 0.4) is 0 Å². The molecule has 0 aliphatic heterocycles. The molecule has 0 bridgehead atoms. The number of hydrogen-bond acceptors (Lipinski definition) is 1. The first-order valence-corrected chi connectivity index (χ1v) is 9.31. The standard InChI is InChI=1S/C19H30FN/c20-19-12-17(15-8-6-14(13-21)7-9-15)10-11-18(19)16-4-2-1-3-5-16/h14-19H,1-12H2. The van der Waals surface area contributed by atoms with Crippen LogP contribution in [-0.4, -0.2) is 6.17 Å². The lowest BCUT2D eigenvalue weighted by atomic mass is 9.65. The van der Waals surface area contributed by atoms with Crippen molar-refractivity contribution in [2.75, 3.05) is 0 Å². The van der Waals surface area contributed by atoms with Crippen molar-refractivity contribution in [3.8, 4) is 6.07 Å². The fourth-order valence-corrected chi connectivity index (χ4v) is 5.41. The Labute approximate surface area is 129 Å². The van der Waals surface area contributed by atoms with Crippen LogP contribution in [-0.2, 0) is 0 Å². The van der Waals surface area contributed by atoms with Crippen LogP contribution < -0.4 is 0 Å². The van der Waals surface area contributed by atoms with E-state index in [9.17, 15) is 4.39 Å². The SMILES string of the molecule is N#CC1CCC(C2CCC(C3CCCCC3)C(F)C2)CC1. The third-order valence-corrected chi connectivity index (χ3v) is 6.74. The largest absolute Gasteiger partial charge is 0.247 e. The zero-order valence-corrected chi connectivity index (χ0v) is 13.3. The summed E-state index contributed by atoms with van der Waals surface area (Å²) in [6.45, 7) is 0. The molecule has 0 N–H and O–H groups in total. The quantitative estimate of drug-likeness (QED) is 0.645. The first kappa shape index (κ1) is 15.3. The lowest BCUT2D eigenvalue weighted by molar-refractivity contribution is 0.0402. The molecule has 2 heteroatoms. The monoisotopic (exact) mass is 291 g/mol. The molecule has 118 valence electrons. The molecule has 3 fully saturated rings. The molecular formula is C19H30FN. The summed E-state index contributed by atoms with van der Waals surface area (Å²) < 4.78 is 14.7. The zero-order chi connectivity index (χ0) is 14.7. The van der Waals surface area contributed by atoms with Crippen LogP contribution in [0.1, 0.15) is 77.0 Å². The van der Waals surface area contributed by atoms with Gasteiger partial charge in [-0.1, -0.05) is 32.1 Å². The maximum atomic E-state index is 14.7. The normalized spacial score (nSPS) is 42.4. The minimum atomic E-state index is -0.541. The Morgan fingerprint density at radius 1 is 0.714 bits per heavy atom. The molecule has 0 radical (unpaired) electrons. The van der Waals surface area contributed by atoms with Gasteiger partial charge < -0.3 is 0 Å². The number of nitrogens with zero attached hydrogens (tertiary/aromatic N) is 1. The molecule has 0 saturated heterocycles. The molecule has 0 heterocycles. The van der Waals surface area contributed by atoms with Gasteiger partial charge in [-0.2, -0.15) is 5.26 Å². The van der Waals surface area contributed by atoms with Gasteiger partial charge in [0.05, 0.1) is 6.07 Å². The van der Waals surface area contributed by atoms with Crippen molar-refractivity contribution in [2.45, 2.75) is 83.2 Å². The Hall–Kier alpha value is -0.580. The first-order valence-electron chi connectivity index (χ1n) is 9.31. The Morgan fingerprint density at radius 3 is 2.00 bits per heavy atom. The molecule has 0 spiro atoms. The summed E-state index contributed by atoms with van der Waals surface area (Å²) in [5.41, 5.74) is 0. The predicted molar refractivity (Wildman–Crippen MR) is 83.4 cm³/mol. The van der Waals surface area contributed by atoms with Crippen LogP contribution in [0.4, 0.5) is 4.39 Å². The van der Waals surface area contributed by atoms with Crippen LogP contribution in [0.5, 0.6) is 0 Å². The molecule has 3 saturated carbocycles. The lowest BCUT2D eigenvalue weighted by Crippen LogP contribution is -2.36. The van der Waals surface area contributed by atoms with Crippen LogP contribution in [0.25, 0.3) is 0 Å². The predicted octanol–water partition coefficient (Wildman–Crippen LogP) is 5.65. The first-order chi connectivity index (χ1) is 10.3. The summed E-state index contributed by atoms with van der Waals surface area (Å²) in [7, 11) is 0. The van der Waals surface area contributed by atoms with Crippen LogP contribution in [0.15, 0.2) is 0 Å². The van der Waals surface area contributed by atoms with E-state index in [0.717, 1.165) is 25.7 Å². The fourth-order valence-electron chi connectivity index (χ4n) is 5.41. The number of nitriles is 1. The van der Waals surface area contributed by atoms with Crippen LogP contribution >= 0.6 is 0 Å². The molecule has 3 unspecified atom stereocenters. The van der Waals surface area contributed by atoms with Gasteiger partial charge in [0.1, 0.15) is 6.17 Å². The minimum Gasteiger partial charge on any atom is -0.247 e. The van der Waals surface area contributed by atoms with E-state index < -0.39 is 6.17 Å². The molecule has 3 aliphatic carbocycles. The Kier molecular flexibility index (Phi) is 5.19. The molecule has 0 amide bonds. The number of halogens is 1. The summed E-state index contributed by atoms with van der Waals surface area (Å²) in [5, 5.41) is 9.00. The molecule has 0 aromatic rings. The van der Waals surface area contributed by atoms with Gasteiger partial charge in [-0.15, -0.1) is 0 Å². The second kappa shape index (κ2) is 7.12. The van der Waals surface area contributed by atoms with E-state index in [1.165, 1.54) is 51.4 Å². The van der Waals surface area contributed by atoms with Crippen molar-refractivity contribution in [1.29, 1.82) is 5.26 Å². The van der Waals surface area contributed by atoms with Crippen molar-refractivity contribution in [1.82, 2.24) is 0 Å². The summed E-state index contributed by atoms with van der Waals surface area (Å²) in [6, 6.07) is 2.41. The molecule has 3 rings (SSSR count). The van der Waals surface area contributed by atoms with E-state index in [4.69, 9.17) is 5.26 Å². The van der Waals surface area contributed by atoms with Gasteiger partial charge in [-0.3, -0.25) is 0 Å². The third kappa shape index (κ3) is 3.61. The molecule has 1 nitrogen and oxygen atoms in total. The Bertz CT molecular complexity index is 360. The maximum absolute atomic E-state index is 14.7. The fraction of sp³-hybridized carbons (Fsp3) is 0.947. The Morgan fingerprint density at radius 2 is 1.38 bits per heavy atom. The average Bonchev–Trinajstić information content (AvgIpc) is 2.55. The highest BCUT2D eigenvalue weighted by Crippen LogP contribution is 2.46. The molecule has 0 aromatic heterocycles. The van der Waals surface area contributed by atoms with Gasteiger partial charge in [0.15, 0.2) is 0 Å². The van der Waals surface area contributed by atoms with E-state index in [-0.39, 0.29) is 5.92 Å². The summed E-state index contributed by atoms with van der Waals surface area (Å²) in [4.78, 5) is 0. The summed E-state index contributed by atoms with van der Waals surface area (Å²) >= 11 is 0. The van der Waals surface area contributed by atoms with E-state index >= 15 is 0 Å². The number of rotatable bonds is 2. The minimum absolute atomic E-state index is 0.279. The van der Waals surface area contributed by atoms with Crippen molar-refractivity contribution >= 4 is 0 Å². The van der Waals surface area contributed by atoms with E-state index in [0.29, 0.717) is 23.7 Å². The van der Waals surface area contributed by atoms with Crippen LogP contribution in [0.2, 0.25) is 0 Å². The topological polar surface area (TPSA) is 23.8 Å². The van der Waals surface area contributed by atoms with Gasteiger partial charge in [-0.05, 0) is 68.6 Å². The average molecular weight is 291 g/mol. The number of alkyl halides is 1. The van der Waals surface area contributed by atoms with Gasteiger partial charge in [0.2, 0.25) is 0 Å². The van der Waals surface area contributed by atoms with Crippen molar-refractivity contribution in [3.63, 3.8) is 0 Å². The maximum Gasteiger partial charge on any atom is 0.103 e. The van der Waals surface area contributed by atoms with Gasteiger partial charge in [0.25, 0.3) is 0 Å². The van der Waals surface area contributed by atoms with Gasteiger partial charge in [0, 0.05) is 5.92 Å². The van der Waals surface area contributed by atoms with E-state index in [1.54, 1.807) is 0 Å². The smallest absolute Gasteiger partial charge is 0.103 e. The number of hydrogen-bond donors (Lipinski definition) is 0. The van der Waals surface area contributed by atoms with E-state index in [2.05, 4.69) is 6.07 Å². The second-order valence-corrected chi connectivity index (χ2v) is 7.89. The molecule has 3 aliphatic rings. The summed E-state index contributed by atoms with van der Waals surface area (Å²) in [5.74, 6) is 2.65. The lowest BCUT2D eigenvalue weighted by Gasteiger charge is -2.41. The van der Waals surface area contributed by atoms with Crippen molar-refractivity contribution in [3.05, 3.63) is 0 Å². The van der Waals surface area contributed by atoms with Crippen molar-refractivity contribution in [2.24, 2.45) is 29.6 Å². The molecule has 3 atom stereocenters. The van der Waals surface area contributed by atoms with Gasteiger partial charge in [-0.25, -0.2) is 4.39 Å². The summed E-state index contributed by atoms with van der Waals surface area (Å²) in [6.07, 6.45) is 13.7.